The van der Waals surface area contributed by atoms with E-state index in [-0.39, 0.29) is 18.0 Å². The van der Waals surface area contributed by atoms with Crippen molar-refractivity contribution < 1.29 is 9.18 Å². The highest BCUT2D eigenvalue weighted by atomic mass is 32.1. The van der Waals surface area contributed by atoms with Crippen molar-refractivity contribution in [3.05, 3.63) is 51.2 Å². The van der Waals surface area contributed by atoms with Gasteiger partial charge in [0.2, 0.25) is 0 Å². The Hall–Kier alpha value is -1.55. The Balaban J connectivity index is 2.17. The van der Waals surface area contributed by atoms with Crippen molar-refractivity contribution in [1.29, 1.82) is 0 Å². The number of ketones is 1. The minimum Gasteiger partial charge on any atom is -0.294 e. The van der Waals surface area contributed by atoms with Gasteiger partial charge in [0.1, 0.15) is 5.82 Å². The molecule has 0 bridgehead atoms. The molecule has 1 aromatic heterocycles. The Morgan fingerprint density at radius 1 is 1.41 bits per heavy atom. The molecule has 0 radical (unpaired) electrons. The molecule has 1 heterocycles. The number of thiazole rings is 1. The maximum atomic E-state index is 13.3. The molecule has 0 amide bonds. The third-order valence-electron chi connectivity index (χ3n) is 2.50. The van der Waals surface area contributed by atoms with Gasteiger partial charge in [0.15, 0.2) is 5.78 Å². The number of aryl methyl sites for hydroxylation is 2. The Morgan fingerprint density at radius 3 is 2.76 bits per heavy atom. The van der Waals surface area contributed by atoms with Crippen LogP contribution in [0.25, 0.3) is 0 Å². The zero-order valence-corrected chi connectivity index (χ0v) is 10.5. The molecule has 0 aliphatic rings. The van der Waals surface area contributed by atoms with E-state index in [1.54, 1.807) is 19.1 Å². The SMILES string of the molecule is Cc1nc(CC(=O)c2ccc(C)c(F)c2)cs1. The van der Waals surface area contributed by atoms with Crippen molar-refractivity contribution in [3.63, 3.8) is 0 Å². The molecule has 17 heavy (non-hydrogen) atoms. The van der Waals surface area contributed by atoms with Crippen LogP contribution in [0, 0.1) is 19.7 Å². The minimum absolute atomic E-state index is 0.103. The van der Waals surface area contributed by atoms with E-state index in [1.165, 1.54) is 17.4 Å². The van der Waals surface area contributed by atoms with Crippen molar-refractivity contribution in [3.8, 4) is 0 Å². The number of rotatable bonds is 3. The number of hydrogen-bond acceptors (Lipinski definition) is 3. The van der Waals surface area contributed by atoms with Crippen LogP contribution in [0.4, 0.5) is 4.39 Å². The van der Waals surface area contributed by atoms with Crippen LogP contribution in [0.15, 0.2) is 23.6 Å². The summed E-state index contributed by atoms with van der Waals surface area (Å²) in [7, 11) is 0. The van der Waals surface area contributed by atoms with Crippen LogP contribution in [0.1, 0.15) is 26.6 Å². The molecule has 0 aliphatic heterocycles. The van der Waals surface area contributed by atoms with Gasteiger partial charge in [-0.1, -0.05) is 12.1 Å². The van der Waals surface area contributed by atoms with Crippen molar-refractivity contribution >= 4 is 17.1 Å². The molecule has 0 saturated carbocycles. The monoisotopic (exact) mass is 249 g/mol. The number of halogens is 1. The highest BCUT2D eigenvalue weighted by Gasteiger charge is 2.10. The molecule has 0 unspecified atom stereocenters. The number of carbonyl (C=O) groups is 1. The number of hydrogen-bond donors (Lipinski definition) is 0. The normalized spacial score (nSPS) is 10.5. The first-order chi connectivity index (χ1) is 8.06. The van der Waals surface area contributed by atoms with Gasteiger partial charge in [-0.25, -0.2) is 9.37 Å². The molecule has 0 saturated heterocycles. The third-order valence-corrected chi connectivity index (χ3v) is 3.32. The van der Waals surface area contributed by atoms with E-state index in [0.717, 1.165) is 10.7 Å². The molecule has 4 heteroatoms. The number of aromatic nitrogens is 1. The lowest BCUT2D eigenvalue weighted by Gasteiger charge is -2.01. The smallest absolute Gasteiger partial charge is 0.168 e. The van der Waals surface area contributed by atoms with E-state index >= 15 is 0 Å². The van der Waals surface area contributed by atoms with Gasteiger partial charge in [-0.3, -0.25) is 4.79 Å². The topological polar surface area (TPSA) is 30.0 Å². The molecular weight excluding hydrogens is 237 g/mol. The van der Waals surface area contributed by atoms with Gasteiger partial charge in [-0.2, -0.15) is 0 Å². The van der Waals surface area contributed by atoms with Gasteiger partial charge < -0.3 is 0 Å². The second kappa shape index (κ2) is 4.75. The van der Waals surface area contributed by atoms with E-state index in [0.29, 0.717) is 11.1 Å². The standard InChI is InChI=1S/C13H12FNOS/c1-8-3-4-10(5-12(8)14)13(16)6-11-7-17-9(2)15-11/h3-5,7H,6H2,1-2H3. The summed E-state index contributed by atoms with van der Waals surface area (Å²) in [6.45, 7) is 3.57. The maximum absolute atomic E-state index is 13.3. The van der Waals surface area contributed by atoms with Gasteiger partial charge in [0, 0.05) is 10.9 Å². The third kappa shape index (κ3) is 2.77. The van der Waals surface area contributed by atoms with E-state index in [2.05, 4.69) is 4.98 Å². The largest absolute Gasteiger partial charge is 0.294 e. The molecule has 1 aromatic carbocycles. The Kier molecular flexibility index (Phi) is 3.33. The highest BCUT2D eigenvalue weighted by Crippen LogP contribution is 2.14. The fourth-order valence-corrected chi connectivity index (χ4v) is 2.13. The molecule has 0 spiro atoms. The molecule has 2 aromatic rings. The van der Waals surface area contributed by atoms with Gasteiger partial charge >= 0.3 is 0 Å². The fourth-order valence-electron chi connectivity index (χ4n) is 1.52. The van der Waals surface area contributed by atoms with Crippen LogP contribution >= 0.6 is 11.3 Å². The number of Topliss-reactive ketones (excluding diaryl/α,β-unsaturated/α-hetero) is 1. The van der Waals surface area contributed by atoms with Crippen molar-refractivity contribution in [1.82, 2.24) is 4.98 Å². The Morgan fingerprint density at radius 2 is 2.18 bits per heavy atom. The molecular formula is C13H12FNOS. The molecule has 0 aliphatic carbocycles. The van der Waals surface area contributed by atoms with Crippen molar-refractivity contribution in [2.45, 2.75) is 20.3 Å². The lowest BCUT2D eigenvalue weighted by Crippen LogP contribution is -2.04. The second-order valence-electron chi connectivity index (χ2n) is 3.92. The van der Waals surface area contributed by atoms with Gasteiger partial charge in [0.25, 0.3) is 0 Å². The predicted molar refractivity (Wildman–Crippen MR) is 66.0 cm³/mol. The summed E-state index contributed by atoms with van der Waals surface area (Å²) < 4.78 is 13.3. The van der Waals surface area contributed by atoms with Crippen LogP contribution in [-0.4, -0.2) is 10.8 Å². The summed E-state index contributed by atoms with van der Waals surface area (Å²) >= 11 is 1.51. The van der Waals surface area contributed by atoms with Gasteiger partial charge in [0.05, 0.1) is 17.1 Å². The Labute approximate surface area is 103 Å². The highest BCUT2D eigenvalue weighted by molar-refractivity contribution is 7.09. The first kappa shape index (κ1) is 11.9. The second-order valence-corrected chi connectivity index (χ2v) is 4.98. The summed E-state index contributed by atoms with van der Waals surface area (Å²) in [5.74, 6) is -0.445. The predicted octanol–water partition coefficient (Wildman–Crippen LogP) is 3.32. The zero-order chi connectivity index (χ0) is 12.4. The number of benzene rings is 1. The van der Waals surface area contributed by atoms with Gasteiger partial charge in [-0.15, -0.1) is 11.3 Å². The maximum Gasteiger partial charge on any atom is 0.168 e. The van der Waals surface area contributed by atoms with Crippen LogP contribution in [0.2, 0.25) is 0 Å². The lowest BCUT2D eigenvalue weighted by atomic mass is 10.1. The summed E-state index contributed by atoms with van der Waals surface area (Å²) in [6, 6.07) is 4.56. The summed E-state index contributed by atoms with van der Waals surface area (Å²) in [5.41, 5.74) is 1.70. The molecule has 0 N–H and O–H groups in total. The Bertz CT molecular complexity index is 562. The number of nitrogens with zero attached hydrogens (tertiary/aromatic N) is 1. The number of carbonyl (C=O) groups excluding carboxylic acids is 1. The van der Waals surface area contributed by atoms with Crippen LogP contribution in [-0.2, 0) is 6.42 Å². The molecule has 88 valence electrons. The van der Waals surface area contributed by atoms with E-state index in [1.807, 2.05) is 12.3 Å². The van der Waals surface area contributed by atoms with Crippen LogP contribution in [0.3, 0.4) is 0 Å². The van der Waals surface area contributed by atoms with Crippen LogP contribution in [0.5, 0.6) is 0 Å². The lowest BCUT2D eigenvalue weighted by molar-refractivity contribution is 0.0991. The van der Waals surface area contributed by atoms with Crippen molar-refractivity contribution in [2.75, 3.05) is 0 Å². The first-order valence-electron chi connectivity index (χ1n) is 5.26. The quantitative estimate of drug-likeness (QED) is 0.781. The summed E-state index contributed by atoms with van der Waals surface area (Å²) in [4.78, 5) is 16.1. The van der Waals surface area contributed by atoms with Crippen LogP contribution < -0.4 is 0 Å². The summed E-state index contributed by atoms with van der Waals surface area (Å²) in [6.07, 6.45) is 0.229. The first-order valence-corrected chi connectivity index (χ1v) is 6.14. The molecule has 0 atom stereocenters. The zero-order valence-electron chi connectivity index (χ0n) is 9.66. The van der Waals surface area contributed by atoms with E-state index in [4.69, 9.17) is 0 Å². The van der Waals surface area contributed by atoms with Crippen molar-refractivity contribution in [2.24, 2.45) is 0 Å². The average molecular weight is 249 g/mol. The summed E-state index contributed by atoms with van der Waals surface area (Å²) in [5, 5.41) is 2.79. The van der Waals surface area contributed by atoms with E-state index in [9.17, 15) is 9.18 Å². The molecule has 2 rings (SSSR count). The minimum atomic E-state index is -0.342. The fraction of sp³-hybridized carbons (Fsp3) is 0.231. The van der Waals surface area contributed by atoms with E-state index < -0.39 is 0 Å². The van der Waals surface area contributed by atoms with Gasteiger partial charge in [-0.05, 0) is 25.5 Å². The molecule has 0 fully saturated rings. The average Bonchev–Trinajstić information content (AvgIpc) is 2.68. The molecule has 2 nitrogen and oxygen atoms in total.